The van der Waals surface area contributed by atoms with Crippen LogP contribution in [0.15, 0.2) is 24.3 Å². The van der Waals surface area contributed by atoms with Gasteiger partial charge < -0.3 is 15.4 Å². The molecule has 0 spiro atoms. The SMILES string of the molecule is CCCN(CC(=O)Nc1ccccc1OC)CC(=O)NC1CCCCCCC1. The summed E-state index contributed by atoms with van der Waals surface area (Å²) < 4.78 is 5.27. The van der Waals surface area contributed by atoms with Crippen LogP contribution >= 0.6 is 0 Å². The summed E-state index contributed by atoms with van der Waals surface area (Å²) in [5.74, 6) is 0.501. The number of hydrogen-bond acceptors (Lipinski definition) is 4. The van der Waals surface area contributed by atoms with Gasteiger partial charge in [0.25, 0.3) is 0 Å². The normalized spacial score (nSPS) is 15.5. The smallest absolute Gasteiger partial charge is 0.238 e. The summed E-state index contributed by atoms with van der Waals surface area (Å²) in [6.07, 6.45) is 9.22. The molecule has 6 heteroatoms. The predicted octanol–water partition coefficient (Wildman–Crippen LogP) is 3.57. The number of amides is 2. The van der Waals surface area contributed by atoms with Gasteiger partial charge in [0, 0.05) is 6.04 Å². The minimum atomic E-state index is -0.142. The lowest BCUT2D eigenvalue weighted by atomic mass is 9.97. The second kappa shape index (κ2) is 12.4. The second-order valence-electron chi connectivity index (χ2n) is 7.57. The van der Waals surface area contributed by atoms with Gasteiger partial charge in [-0.3, -0.25) is 14.5 Å². The molecule has 0 saturated heterocycles. The summed E-state index contributed by atoms with van der Waals surface area (Å²) in [6, 6.07) is 7.60. The van der Waals surface area contributed by atoms with Gasteiger partial charge in [0.1, 0.15) is 5.75 Å². The fraction of sp³-hybridized carbons (Fsp3) is 0.636. The topological polar surface area (TPSA) is 70.7 Å². The van der Waals surface area contributed by atoms with Gasteiger partial charge >= 0.3 is 0 Å². The van der Waals surface area contributed by atoms with Crippen molar-refractivity contribution in [2.24, 2.45) is 0 Å². The lowest BCUT2D eigenvalue weighted by Gasteiger charge is -2.24. The van der Waals surface area contributed by atoms with Crippen LogP contribution in [0.5, 0.6) is 5.75 Å². The van der Waals surface area contributed by atoms with Crippen molar-refractivity contribution in [3.05, 3.63) is 24.3 Å². The predicted molar refractivity (Wildman–Crippen MR) is 113 cm³/mol. The Kier molecular flexibility index (Phi) is 9.83. The second-order valence-corrected chi connectivity index (χ2v) is 7.57. The van der Waals surface area contributed by atoms with Crippen LogP contribution in [-0.4, -0.2) is 49.5 Å². The van der Waals surface area contributed by atoms with Gasteiger partial charge in [-0.15, -0.1) is 0 Å². The number of nitrogens with zero attached hydrogens (tertiary/aromatic N) is 1. The van der Waals surface area contributed by atoms with Crippen molar-refractivity contribution in [3.8, 4) is 5.75 Å². The number of benzene rings is 1. The molecule has 2 N–H and O–H groups in total. The molecule has 6 nitrogen and oxygen atoms in total. The van der Waals surface area contributed by atoms with Crippen LogP contribution in [0.2, 0.25) is 0 Å². The number of methoxy groups -OCH3 is 1. The Morgan fingerprint density at radius 3 is 2.36 bits per heavy atom. The molecule has 0 heterocycles. The van der Waals surface area contributed by atoms with E-state index in [-0.39, 0.29) is 30.9 Å². The number of rotatable bonds is 9. The number of nitrogens with one attached hydrogen (secondary N) is 2. The summed E-state index contributed by atoms with van der Waals surface area (Å²) in [5, 5.41) is 6.07. The van der Waals surface area contributed by atoms with Gasteiger partial charge in [0.05, 0.1) is 25.9 Å². The van der Waals surface area contributed by atoms with E-state index in [4.69, 9.17) is 4.74 Å². The Morgan fingerprint density at radius 2 is 1.68 bits per heavy atom. The number of carbonyl (C=O) groups is 2. The molecule has 0 bridgehead atoms. The zero-order valence-corrected chi connectivity index (χ0v) is 17.3. The average molecular weight is 390 g/mol. The molecule has 28 heavy (non-hydrogen) atoms. The maximum Gasteiger partial charge on any atom is 0.238 e. The Bertz CT molecular complexity index is 613. The summed E-state index contributed by atoms with van der Waals surface area (Å²) in [7, 11) is 1.58. The molecule has 1 aliphatic rings. The first-order chi connectivity index (χ1) is 13.6. The lowest BCUT2D eigenvalue weighted by Crippen LogP contribution is -2.44. The van der Waals surface area contributed by atoms with E-state index >= 15 is 0 Å². The lowest BCUT2D eigenvalue weighted by molar-refractivity contribution is -0.124. The maximum atomic E-state index is 12.5. The van der Waals surface area contributed by atoms with Gasteiger partial charge in [-0.2, -0.15) is 0 Å². The third kappa shape index (κ3) is 7.89. The molecule has 0 unspecified atom stereocenters. The summed E-state index contributed by atoms with van der Waals surface area (Å²) in [5.41, 5.74) is 0.644. The molecular formula is C22H35N3O3. The highest BCUT2D eigenvalue weighted by Crippen LogP contribution is 2.22. The number of carbonyl (C=O) groups excluding carboxylic acids is 2. The molecule has 1 saturated carbocycles. The zero-order chi connectivity index (χ0) is 20.2. The van der Waals surface area contributed by atoms with Gasteiger partial charge in [-0.25, -0.2) is 0 Å². The molecule has 0 radical (unpaired) electrons. The van der Waals surface area contributed by atoms with Crippen molar-refractivity contribution in [1.82, 2.24) is 10.2 Å². The number of hydrogen-bond donors (Lipinski definition) is 2. The van der Waals surface area contributed by atoms with Crippen LogP contribution in [0.25, 0.3) is 0 Å². The molecule has 1 fully saturated rings. The molecule has 2 amide bonds. The molecular weight excluding hydrogens is 354 g/mol. The van der Waals surface area contributed by atoms with E-state index in [1.807, 2.05) is 29.2 Å². The molecule has 1 aromatic carbocycles. The van der Waals surface area contributed by atoms with Crippen LogP contribution < -0.4 is 15.4 Å². The fourth-order valence-electron chi connectivity index (χ4n) is 3.75. The van der Waals surface area contributed by atoms with Crippen molar-refractivity contribution < 1.29 is 14.3 Å². The average Bonchev–Trinajstić information content (AvgIpc) is 2.64. The number of anilines is 1. The number of ether oxygens (including phenoxy) is 1. The van der Waals surface area contributed by atoms with Gasteiger partial charge in [0.15, 0.2) is 0 Å². The Labute approximate surface area is 169 Å². The summed E-state index contributed by atoms with van der Waals surface area (Å²) >= 11 is 0. The van der Waals surface area contributed by atoms with Gasteiger partial charge in [-0.05, 0) is 37.9 Å². The molecule has 0 aliphatic heterocycles. The van der Waals surface area contributed by atoms with Crippen molar-refractivity contribution in [2.75, 3.05) is 32.1 Å². The maximum absolute atomic E-state index is 12.5. The van der Waals surface area contributed by atoms with Crippen LogP contribution in [-0.2, 0) is 9.59 Å². The van der Waals surface area contributed by atoms with E-state index in [2.05, 4.69) is 17.6 Å². The van der Waals surface area contributed by atoms with E-state index in [1.54, 1.807) is 7.11 Å². The zero-order valence-electron chi connectivity index (χ0n) is 17.3. The van der Waals surface area contributed by atoms with Crippen LogP contribution in [0.1, 0.15) is 58.3 Å². The molecule has 1 aromatic rings. The summed E-state index contributed by atoms with van der Waals surface area (Å²) in [4.78, 5) is 26.9. The van der Waals surface area contributed by atoms with E-state index < -0.39 is 0 Å². The first-order valence-corrected chi connectivity index (χ1v) is 10.6. The third-order valence-corrected chi connectivity index (χ3v) is 5.13. The monoisotopic (exact) mass is 389 g/mol. The molecule has 156 valence electrons. The van der Waals surface area contributed by atoms with Crippen molar-refractivity contribution in [3.63, 3.8) is 0 Å². The molecule has 1 aliphatic carbocycles. The first-order valence-electron chi connectivity index (χ1n) is 10.6. The first kappa shape index (κ1) is 22.2. The van der Waals surface area contributed by atoms with E-state index in [0.29, 0.717) is 18.0 Å². The molecule has 0 aromatic heterocycles. The highest BCUT2D eigenvalue weighted by molar-refractivity contribution is 5.94. The minimum Gasteiger partial charge on any atom is -0.495 e. The van der Waals surface area contributed by atoms with Crippen molar-refractivity contribution >= 4 is 17.5 Å². The van der Waals surface area contributed by atoms with E-state index in [1.165, 1.54) is 32.1 Å². The van der Waals surface area contributed by atoms with Gasteiger partial charge in [-0.1, -0.05) is 51.2 Å². The largest absolute Gasteiger partial charge is 0.495 e. The Balaban J connectivity index is 1.85. The standard InChI is InChI=1S/C22H35N3O3/c1-3-15-25(16-21(26)23-18-11-7-5-4-6-8-12-18)17-22(27)24-19-13-9-10-14-20(19)28-2/h9-10,13-14,18H,3-8,11-12,15-17H2,1-2H3,(H,23,26)(H,24,27). The van der Waals surface area contributed by atoms with Crippen LogP contribution in [0.4, 0.5) is 5.69 Å². The highest BCUT2D eigenvalue weighted by atomic mass is 16.5. The van der Waals surface area contributed by atoms with Crippen molar-refractivity contribution in [1.29, 1.82) is 0 Å². The molecule has 0 atom stereocenters. The third-order valence-electron chi connectivity index (χ3n) is 5.13. The van der Waals surface area contributed by atoms with E-state index in [9.17, 15) is 9.59 Å². The minimum absolute atomic E-state index is 0.0177. The van der Waals surface area contributed by atoms with Crippen LogP contribution in [0, 0.1) is 0 Å². The number of para-hydroxylation sites is 2. The van der Waals surface area contributed by atoms with Gasteiger partial charge in [0.2, 0.25) is 11.8 Å². The fourth-order valence-corrected chi connectivity index (χ4v) is 3.75. The Hall–Kier alpha value is -2.08. The quantitative estimate of drug-likeness (QED) is 0.677. The van der Waals surface area contributed by atoms with Crippen molar-refractivity contribution in [2.45, 2.75) is 64.3 Å². The summed E-state index contributed by atoms with van der Waals surface area (Å²) in [6.45, 7) is 3.20. The van der Waals surface area contributed by atoms with E-state index in [0.717, 1.165) is 19.3 Å². The Morgan fingerprint density at radius 1 is 1.04 bits per heavy atom. The van der Waals surface area contributed by atoms with Crippen LogP contribution in [0.3, 0.4) is 0 Å². The molecule has 2 rings (SSSR count). The highest BCUT2D eigenvalue weighted by Gasteiger charge is 2.18.